The maximum absolute atomic E-state index is 11.0. The highest BCUT2D eigenvalue weighted by molar-refractivity contribution is 6.42. The molecule has 0 saturated heterocycles. The number of carboxylic acids is 1. The van der Waals surface area contributed by atoms with Crippen molar-refractivity contribution < 1.29 is 19.5 Å². The zero-order chi connectivity index (χ0) is 12.0. The molecule has 0 atom stereocenters. The van der Waals surface area contributed by atoms with E-state index in [0.29, 0.717) is 5.56 Å². The number of aryl methyl sites for hydroxylation is 1. The highest BCUT2D eigenvalue weighted by Gasteiger charge is 2.15. The van der Waals surface area contributed by atoms with Gasteiger partial charge >= 0.3 is 5.97 Å². The van der Waals surface area contributed by atoms with Gasteiger partial charge in [-0.05, 0) is 12.5 Å². The van der Waals surface area contributed by atoms with Crippen molar-refractivity contribution in [1.29, 1.82) is 0 Å². The fourth-order valence-electron chi connectivity index (χ4n) is 1.19. The Morgan fingerprint density at radius 1 is 1.44 bits per heavy atom. The lowest BCUT2D eigenvalue weighted by molar-refractivity contribution is -0.129. The molecule has 0 aliphatic carbocycles. The van der Waals surface area contributed by atoms with Gasteiger partial charge < -0.3 is 14.7 Å². The van der Waals surface area contributed by atoms with Crippen molar-refractivity contribution in [1.82, 2.24) is 0 Å². The number of ether oxygens (including phenoxy) is 1. The number of hydrogen-bond acceptors (Lipinski definition) is 4. The maximum Gasteiger partial charge on any atom is 0.358 e. The van der Waals surface area contributed by atoms with E-state index in [0.717, 1.165) is 5.56 Å². The lowest BCUT2D eigenvalue weighted by Gasteiger charge is -2.05. The van der Waals surface area contributed by atoms with Gasteiger partial charge in [0.15, 0.2) is 5.71 Å². The van der Waals surface area contributed by atoms with Crippen molar-refractivity contribution in [2.75, 3.05) is 13.9 Å². The molecule has 1 N–H and O–H groups in total. The van der Waals surface area contributed by atoms with Crippen LogP contribution in [-0.4, -0.2) is 30.7 Å². The van der Waals surface area contributed by atoms with E-state index < -0.39 is 5.97 Å². The van der Waals surface area contributed by atoms with Gasteiger partial charge in [0.25, 0.3) is 0 Å². The van der Waals surface area contributed by atoms with Crippen LogP contribution in [0.3, 0.4) is 0 Å². The number of benzene rings is 1. The van der Waals surface area contributed by atoms with Crippen LogP contribution in [0.4, 0.5) is 0 Å². The second kappa shape index (κ2) is 5.87. The molecule has 0 heterocycles. The Morgan fingerprint density at radius 2 is 2.12 bits per heavy atom. The molecule has 5 nitrogen and oxygen atoms in total. The Balaban J connectivity index is 2.99. The Kier molecular flexibility index (Phi) is 4.47. The third-order valence-corrected chi connectivity index (χ3v) is 1.93. The van der Waals surface area contributed by atoms with Gasteiger partial charge in [-0.1, -0.05) is 29.4 Å². The van der Waals surface area contributed by atoms with E-state index in [1.807, 2.05) is 19.1 Å². The SMILES string of the molecule is COCON=C(C(=O)O)c1ccccc1C. The number of aliphatic carboxylic acids is 1. The highest BCUT2D eigenvalue weighted by Crippen LogP contribution is 2.09. The molecule has 5 heteroatoms. The molecule has 0 fully saturated rings. The Morgan fingerprint density at radius 3 is 2.69 bits per heavy atom. The number of hydrogen-bond donors (Lipinski definition) is 1. The molecule has 0 spiro atoms. The van der Waals surface area contributed by atoms with E-state index >= 15 is 0 Å². The molecule has 86 valence electrons. The van der Waals surface area contributed by atoms with Crippen molar-refractivity contribution in [3.8, 4) is 0 Å². The van der Waals surface area contributed by atoms with Gasteiger partial charge in [0.05, 0.1) is 0 Å². The van der Waals surface area contributed by atoms with Crippen molar-refractivity contribution >= 4 is 11.7 Å². The van der Waals surface area contributed by atoms with Crippen LogP contribution in [-0.2, 0) is 14.4 Å². The summed E-state index contributed by atoms with van der Waals surface area (Å²) in [6.45, 7) is 1.73. The summed E-state index contributed by atoms with van der Waals surface area (Å²) in [6, 6.07) is 7.06. The normalized spacial score (nSPS) is 11.2. The smallest absolute Gasteiger partial charge is 0.358 e. The molecule has 0 unspecified atom stereocenters. The fourth-order valence-corrected chi connectivity index (χ4v) is 1.19. The maximum atomic E-state index is 11.0. The van der Waals surface area contributed by atoms with Gasteiger partial charge in [-0.25, -0.2) is 4.79 Å². The molecule has 16 heavy (non-hydrogen) atoms. The number of rotatable bonds is 5. The lowest BCUT2D eigenvalue weighted by atomic mass is 10.0. The first kappa shape index (κ1) is 12.2. The molecule has 0 bridgehead atoms. The van der Waals surface area contributed by atoms with E-state index in [1.165, 1.54) is 7.11 Å². The van der Waals surface area contributed by atoms with Crippen LogP contribution in [0.5, 0.6) is 0 Å². The van der Waals surface area contributed by atoms with E-state index in [9.17, 15) is 4.79 Å². The summed E-state index contributed by atoms with van der Waals surface area (Å²) in [7, 11) is 1.43. The first-order valence-electron chi connectivity index (χ1n) is 4.65. The number of carbonyl (C=O) groups is 1. The average molecular weight is 223 g/mol. The third-order valence-electron chi connectivity index (χ3n) is 1.93. The molecule has 0 saturated carbocycles. The minimum absolute atomic E-state index is 0.0807. The molecular weight excluding hydrogens is 210 g/mol. The minimum atomic E-state index is -1.13. The van der Waals surface area contributed by atoms with Gasteiger partial charge in [0.1, 0.15) is 0 Å². The number of carboxylic acid groups (broad SMARTS) is 1. The molecule has 1 aromatic rings. The van der Waals surface area contributed by atoms with Crippen LogP contribution >= 0.6 is 0 Å². The molecule has 0 radical (unpaired) electrons. The first-order valence-corrected chi connectivity index (χ1v) is 4.65. The second-order valence-corrected chi connectivity index (χ2v) is 3.10. The molecule has 1 rings (SSSR count). The van der Waals surface area contributed by atoms with Crippen molar-refractivity contribution in [2.45, 2.75) is 6.92 Å². The lowest BCUT2D eigenvalue weighted by Crippen LogP contribution is -2.16. The van der Waals surface area contributed by atoms with Crippen molar-refractivity contribution in [3.05, 3.63) is 35.4 Å². The zero-order valence-corrected chi connectivity index (χ0v) is 9.14. The minimum Gasteiger partial charge on any atom is -0.476 e. The van der Waals surface area contributed by atoms with Gasteiger partial charge in [-0.2, -0.15) is 0 Å². The molecule has 0 aliphatic heterocycles. The van der Waals surface area contributed by atoms with Gasteiger partial charge in [-0.15, -0.1) is 0 Å². The van der Waals surface area contributed by atoms with Crippen LogP contribution < -0.4 is 0 Å². The van der Waals surface area contributed by atoms with E-state index in [4.69, 9.17) is 9.94 Å². The summed E-state index contributed by atoms with van der Waals surface area (Å²) in [5.74, 6) is -1.13. The molecule has 0 aromatic heterocycles. The Hall–Kier alpha value is -1.88. The summed E-state index contributed by atoms with van der Waals surface area (Å²) in [4.78, 5) is 15.7. The number of oxime groups is 1. The number of nitrogens with zero attached hydrogens (tertiary/aromatic N) is 1. The van der Waals surface area contributed by atoms with Crippen molar-refractivity contribution in [2.24, 2.45) is 5.16 Å². The standard InChI is InChI=1S/C11H13NO4/c1-8-5-3-4-6-9(8)10(11(13)14)12-16-7-15-2/h3-6H,7H2,1-2H3,(H,13,14). The van der Waals surface area contributed by atoms with Crippen LogP contribution in [0.2, 0.25) is 0 Å². The summed E-state index contributed by atoms with van der Waals surface area (Å²) >= 11 is 0. The fraction of sp³-hybridized carbons (Fsp3) is 0.273. The molecule has 1 aromatic carbocycles. The Labute approximate surface area is 93.3 Å². The van der Waals surface area contributed by atoms with Gasteiger partial charge in [0.2, 0.25) is 6.79 Å². The van der Waals surface area contributed by atoms with Gasteiger partial charge in [0, 0.05) is 12.7 Å². The third kappa shape index (κ3) is 3.06. The van der Waals surface area contributed by atoms with Crippen LogP contribution in [0, 0.1) is 6.92 Å². The predicted octanol–water partition coefficient (Wildman–Crippen LogP) is 1.40. The summed E-state index contributed by atoms with van der Waals surface area (Å²) in [5, 5.41) is 12.5. The molecule has 0 amide bonds. The van der Waals surface area contributed by atoms with E-state index in [1.54, 1.807) is 12.1 Å². The first-order chi connectivity index (χ1) is 7.66. The monoisotopic (exact) mass is 223 g/mol. The van der Waals surface area contributed by atoms with E-state index in [2.05, 4.69) is 9.89 Å². The Bertz CT molecular complexity index is 401. The van der Waals surface area contributed by atoms with Crippen LogP contribution in [0.25, 0.3) is 0 Å². The summed E-state index contributed by atoms with van der Waals surface area (Å²) in [5.41, 5.74) is 1.23. The number of methoxy groups -OCH3 is 1. The molecule has 0 aliphatic rings. The largest absolute Gasteiger partial charge is 0.476 e. The van der Waals surface area contributed by atoms with Gasteiger partial charge in [-0.3, -0.25) is 0 Å². The zero-order valence-electron chi connectivity index (χ0n) is 9.14. The highest BCUT2D eigenvalue weighted by atomic mass is 16.7. The van der Waals surface area contributed by atoms with Crippen LogP contribution in [0.1, 0.15) is 11.1 Å². The van der Waals surface area contributed by atoms with Crippen molar-refractivity contribution in [3.63, 3.8) is 0 Å². The quantitative estimate of drug-likeness (QED) is 0.354. The second-order valence-electron chi connectivity index (χ2n) is 3.10. The summed E-state index contributed by atoms with van der Waals surface area (Å²) in [6.07, 6.45) is 0. The molecular formula is C11H13NO4. The average Bonchev–Trinajstić information content (AvgIpc) is 2.25. The summed E-state index contributed by atoms with van der Waals surface area (Å²) < 4.78 is 4.62. The topological polar surface area (TPSA) is 68.1 Å². The van der Waals surface area contributed by atoms with Crippen LogP contribution in [0.15, 0.2) is 29.4 Å². The predicted molar refractivity (Wildman–Crippen MR) is 58.3 cm³/mol. The van der Waals surface area contributed by atoms with E-state index in [-0.39, 0.29) is 12.5 Å².